The number of Topliss-reactive ketones (excluding diaryl/α,β-unsaturated/α-hetero) is 1. The van der Waals surface area contributed by atoms with Crippen LogP contribution in [-0.4, -0.2) is 51.5 Å². The molecule has 3 N–H and O–H groups in total. The average molecular weight is 765 g/mol. The Kier molecular flexibility index (Phi) is 11.1. The summed E-state index contributed by atoms with van der Waals surface area (Å²) in [7, 11) is 0. The molecule has 0 radical (unpaired) electrons. The van der Waals surface area contributed by atoms with Crippen molar-refractivity contribution in [2.45, 2.75) is 201 Å². The Morgan fingerprint density at radius 2 is 1.04 bits per heavy atom. The van der Waals surface area contributed by atoms with Crippen molar-refractivity contribution in [1.82, 2.24) is 0 Å². The van der Waals surface area contributed by atoms with Gasteiger partial charge in [-0.3, -0.25) is 4.79 Å². The summed E-state index contributed by atoms with van der Waals surface area (Å²) in [5, 5.41) is 34.0. The zero-order valence-electron chi connectivity index (χ0n) is 35.9. The minimum Gasteiger partial charge on any atom is -0.462 e. The molecule has 312 valence electrons. The molecule has 0 aliphatic heterocycles. The summed E-state index contributed by atoms with van der Waals surface area (Å²) in [5.41, 5.74) is 0.943. The van der Waals surface area contributed by atoms with Crippen molar-refractivity contribution in [2.24, 2.45) is 92.7 Å². The van der Waals surface area contributed by atoms with E-state index < -0.39 is 0 Å². The third-order valence-corrected chi connectivity index (χ3v) is 20.9. The van der Waals surface area contributed by atoms with Crippen LogP contribution in [-0.2, 0) is 14.3 Å². The number of aliphatic hydroxyl groups excluding tert-OH is 3. The minimum absolute atomic E-state index is 0.0245. The van der Waals surface area contributed by atoms with E-state index in [1.54, 1.807) is 6.92 Å². The van der Waals surface area contributed by atoms with Crippen LogP contribution < -0.4 is 0 Å². The molecule has 0 saturated heterocycles. The van der Waals surface area contributed by atoms with Crippen molar-refractivity contribution in [3.8, 4) is 0 Å². The molecular weight excluding hydrogens is 685 g/mol. The van der Waals surface area contributed by atoms with Gasteiger partial charge in [0.05, 0.1) is 18.3 Å². The van der Waals surface area contributed by atoms with Crippen molar-refractivity contribution >= 4 is 11.8 Å². The fourth-order valence-corrected chi connectivity index (χ4v) is 17.9. The summed E-state index contributed by atoms with van der Waals surface area (Å²) < 4.78 is 6.33. The molecule has 0 aromatic rings. The Morgan fingerprint density at radius 3 is 1.56 bits per heavy atom. The molecule has 8 unspecified atom stereocenters. The van der Waals surface area contributed by atoms with Crippen LogP contribution in [0.5, 0.6) is 0 Å². The zero-order chi connectivity index (χ0) is 39.2. The van der Waals surface area contributed by atoms with Gasteiger partial charge in [-0.25, -0.2) is 0 Å². The van der Waals surface area contributed by atoms with E-state index in [1.807, 2.05) is 0 Å². The van der Waals surface area contributed by atoms with E-state index in [2.05, 4.69) is 41.5 Å². The Hall–Kier alpha value is -0.980. The third-order valence-electron chi connectivity index (χ3n) is 20.9. The molecule has 20 atom stereocenters. The van der Waals surface area contributed by atoms with Gasteiger partial charge in [0, 0.05) is 12.8 Å². The maximum absolute atomic E-state index is 13.5. The predicted octanol–water partition coefficient (Wildman–Crippen LogP) is 9.94. The number of esters is 1. The monoisotopic (exact) mass is 765 g/mol. The highest BCUT2D eigenvalue weighted by atomic mass is 16.5. The highest BCUT2D eigenvalue weighted by Crippen LogP contribution is 2.70. The SMILES string of the molecule is CC(=O)CC[C@@H](C)[C@H]1CCC2C3C(CC[C@@]21C)[C@@]1(C)CC[C@@H](OC(=O)CC[C@@H](C)[C@H]2CCC4C5C(CC[C@@]42C)[C@@]2(C)CC[C@@H](O)CC2C[C@@H]5O)CC1C[C@@H]3O. The van der Waals surface area contributed by atoms with Crippen LogP contribution in [0.3, 0.4) is 0 Å². The summed E-state index contributed by atoms with van der Waals surface area (Å²) in [6.45, 7) is 16.6. The van der Waals surface area contributed by atoms with Gasteiger partial charge in [0.1, 0.15) is 11.9 Å². The molecule has 8 aliphatic rings. The first kappa shape index (κ1) is 40.8. The van der Waals surface area contributed by atoms with E-state index in [1.165, 1.54) is 51.4 Å². The van der Waals surface area contributed by atoms with Gasteiger partial charge >= 0.3 is 5.97 Å². The van der Waals surface area contributed by atoms with Gasteiger partial charge in [0.25, 0.3) is 0 Å². The Labute approximate surface area is 334 Å². The second-order valence-electron chi connectivity index (χ2n) is 23.1. The lowest BCUT2D eigenvalue weighted by atomic mass is 9.43. The van der Waals surface area contributed by atoms with E-state index in [4.69, 9.17) is 4.74 Å². The zero-order valence-corrected chi connectivity index (χ0v) is 35.9. The minimum atomic E-state index is -0.268. The first-order valence-corrected chi connectivity index (χ1v) is 23.7. The van der Waals surface area contributed by atoms with Gasteiger partial charge in [-0.15, -0.1) is 0 Å². The van der Waals surface area contributed by atoms with Crippen molar-refractivity contribution in [1.29, 1.82) is 0 Å². The van der Waals surface area contributed by atoms with E-state index in [0.717, 1.165) is 64.2 Å². The van der Waals surface area contributed by atoms with Crippen molar-refractivity contribution < 1.29 is 29.6 Å². The second kappa shape index (κ2) is 14.9. The predicted molar refractivity (Wildman–Crippen MR) is 217 cm³/mol. The number of ketones is 1. The van der Waals surface area contributed by atoms with Gasteiger partial charge in [-0.2, -0.15) is 0 Å². The summed E-state index contributed by atoms with van der Waals surface area (Å²) in [6, 6.07) is 0. The Balaban J connectivity index is 0.845. The Morgan fingerprint density at radius 1 is 0.582 bits per heavy atom. The number of hydrogen-bond donors (Lipinski definition) is 3. The molecule has 6 nitrogen and oxygen atoms in total. The molecule has 0 heterocycles. The van der Waals surface area contributed by atoms with Crippen molar-refractivity contribution in [2.75, 3.05) is 0 Å². The molecule has 8 saturated carbocycles. The number of fused-ring (bicyclic) bond motifs is 10. The van der Waals surface area contributed by atoms with Crippen molar-refractivity contribution in [3.05, 3.63) is 0 Å². The second-order valence-corrected chi connectivity index (χ2v) is 23.1. The lowest BCUT2D eigenvalue weighted by molar-refractivity contribution is -0.183. The van der Waals surface area contributed by atoms with E-state index >= 15 is 0 Å². The standard InChI is InChI=1S/C49H80O6/c1-28(8-10-30(3)50)35-11-13-38-45-40(19-23-48(35,38)6)47(5)21-17-34(25-32(47)27-42(45)53)55-43(54)15-9-29(2)36-12-14-37-44-39(18-22-49(36,37)7)46(4)20-16-33(51)24-31(46)26-41(44)52/h28-29,31-42,44-45,51-53H,8-27H2,1-7H3/t28-,29-,31?,32?,33-,34-,35-,36-,37?,38?,39?,40?,41+,42+,44?,45?,46+,47+,48-,49-/m1/s1. The van der Waals surface area contributed by atoms with Crippen LogP contribution in [0.25, 0.3) is 0 Å². The smallest absolute Gasteiger partial charge is 0.306 e. The normalized spacial score (nSPS) is 52.7. The van der Waals surface area contributed by atoms with E-state index in [0.29, 0.717) is 89.6 Å². The lowest BCUT2D eigenvalue weighted by Crippen LogP contribution is -2.58. The van der Waals surface area contributed by atoms with Crippen LogP contribution in [0.15, 0.2) is 0 Å². The van der Waals surface area contributed by atoms with Crippen LogP contribution in [0.4, 0.5) is 0 Å². The molecular formula is C49H80O6. The largest absolute Gasteiger partial charge is 0.462 e. The third kappa shape index (κ3) is 6.75. The van der Waals surface area contributed by atoms with Crippen LogP contribution in [0.1, 0.15) is 177 Å². The summed E-state index contributed by atoms with van der Waals surface area (Å²) in [6.07, 6.45) is 19.6. The summed E-state index contributed by atoms with van der Waals surface area (Å²) in [5.74, 6) is 6.37. The number of ether oxygens (including phenoxy) is 1. The average Bonchev–Trinajstić information content (AvgIpc) is 3.67. The van der Waals surface area contributed by atoms with E-state index in [9.17, 15) is 24.9 Å². The number of rotatable bonds is 9. The topological polar surface area (TPSA) is 104 Å². The van der Waals surface area contributed by atoms with Gasteiger partial charge < -0.3 is 24.9 Å². The number of aliphatic hydroxyl groups is 3. The number of carbonyl (C=O) groups excluding carboxylic acids is 2. The first-order valence-electron chi connectivity index (χ1n) is 23.7. The van der Waals surface area contributed by atoms with E-state index in [-0.39, 0.29) is 52.0 Å². The molecule has 8 aliphatic carbocycles. The Bertz CT molecular complexity index is 1430. The molecule has 8 rings (SSSR count). The fourth-order valence-electron chi connectivity index (χ4n) is 17.9. The quantitative estimate of drug-likeness (QED) is 0.202. The molecule has 8 fully saturated rings. The molecule has 0 amide bonds. The first-order chi connectivity index (χ1) is 26.0. The molecule has 0 aromatic carbocycles. The highest BCUT2D eigenvalue weighted by molar-refractivity contribution is 5.75. The molecule has 6 heteroatoms. The van der Waals surface area contributed by atoms with Crippen molar-refractivity contribution in [3.63, 3.8) is 0 Å². The van der Waals surface area contributed by atoms with Gasteiger partial charge in [-0.05, 0) is 215 Å². The maximum atomic E-state index is 13.5. The van der Waals surface area contributed by atoms with Gasteiger partial charge in [0.15, 0.2) is 0 Å². The lowest BCUT2D eigenvalue weighted by Gasteiger charge is -2.62. The van der Waals surface area contributed by atoms with Gasteiger partial charge in [-0.1, -0.05) is 41.5 Å². The summed E-state index contributed by atoms with van der Waals surface area (Å²) in [4.78, 5) is 25.3. The van der Waals surface area contributed by atoms with Gasteiger partial charge in [0.2, 0.25) is 0 Å². The molecule has 55 heavy (non-hydrogen) atoms. The molecule has 0 spiro atoms. The molecule has 0 aromatic heterocycles. The highest BCUT2D eigenvalue weighted by Gasteiger charge is 2.65. The number of hydrogen-bond acceptors (Lipinski definition) is 6. The molecule has 0 bridgehead atoms. The number of carbonyl (C=O) groups is 2. The summed E-state index contributed by atoms with van der Waals surface area (Å²) >= 11 is 0. The fraction of sp³-hybridized carbons (Fsp3) is 0.959. The van der Waals surface area contributed by atoms with Crippen LogP contribution in [0, 0.1) is 92.7 Å². The van der Waals surface area contributed by atoms with Crippen LogP contribution in [0.2, 0.25) is 0 Å². The van der Waals surface area contributed by atoms with Crippen LogP contribution >= 0.6 is 0 Å². The maximum Gasteiger partial charge on any atom is 0.306 e.